The van der Waals surface area contributed by atoms with Crippen LogP contribution >= 0.6 is 11.6 Å². The molecule has 0 saturated carbocycles. The van der Waals surface area contributed by atoms with Crippen LogP contribution in [0.2, 0.25) is 5.02 Å². The summed E-state index contributed by atoms with van der Waals surface area (Å²) in [6.07, 6.45) is 4.71. The minimum atomic E-state index is -0.260. The highest BCUT2D eigenvalue weighted by molar-refractivity contribution is 6.32. The van der Waals surface area contributed by atoms with Crippen molar-refractivity contribution in [2.24, 2.45) is 0 Å². The Hall–Kier alpha value is -2.67. The number of carboxylic acid groups (broad SMARTS) is 1. The number of aryl methyl sites for hydroxylation is 1. The lowest BCUT2D eigenvalue weighted by molar-refractivity contribution is -0.123. The number of ketones is 1. The Balaban J connectivity index is 0.00000105. The van der Waals surface area contributed by atoms with Crippen molar-refractivity contribution in [3.05, 3.63) is 46.7 Å². The van der Waals surface area contributed by atoms with E-state index < -0.39 is 0 Å². The van der Waals surface area contributed by atoms with Crippen LogP contribution in [0.3, 0.4) is 0 Å². The number of nitrogens with zero attached hydrogens (tertiary/aromatic N) is 2. The quantitative estimate of drug-likeness (QED) is 0.547. The third kappa shape index (κ3) is 10.8. The Bertz CT molecular complexity index is 755. The van der Waals surface area contributed by atoms with Gasteiger partial charge in [-0.05, 0) is 44.0 Å². The molecule has 0 radical (unpaired) electrons. The van der Waals surface area contributed by atoms with E-state index in [0.717, 1.165) is 11.3 Å². The van der Waals surface area contributed by atoms with Gasteiger partial charge in [-0.2, -0.15) is 10.2 Å². The summed E-state index contributed by atoms with van der Waals surface area (Å²) in [5.74, 6) is 1.02. The van der Waals surface area contributed by atoms with Crippen LogP contribution in [-0.4, -0.2) is 34.2 Å². The van der Waals surface area contributed by atoms with Gasteiger partial charge in [-0.3, -0.25) is 9.59 Å². The van der Waals surface area contributed by atoms with E-state index in [1.807, 2.05) is 26.0 Å². The van der Waals surface area contributed by atoms with Crippen molar-refractivity contribution in [2.45, 2.75) is 60.0 Å². The standard InChI is InChI=1S/C17H19ClN2O3.C4H10.CH2O2/c1-4-15(14-6-5-7-19-20-14)23-17-9-16(22-10-12(3)21)11(2)8-13(17)18;1-3-4-2;2-1-3/h5-9,15H,4,10H2,1-3H3;3-4H2,1-2H3;1H,(H,2,3). The molecule has 0 aliphatic heterocycles. The Labute approximate surface area is 183 Å². The van der Waals surface area contributed by atoms with Crippen LogP contribution in [0.4, 0.5) is 0 Å². The number of hydrogen-bond donors (Lipinski definition) is 1. The van der Waals surface area contributed by atoms with Crippen molar-refractivity contribution < 1.29 is 24.2 Å². The van der Waals surface area contributed by atoms with Crippen molar-refractivity contribution in [3.8, 4) is 11.5 Å². The second-order valence-corrected chi connectivity index (χ2v) is 6.71. The fourth-order valence-corrected chi connectivity index (χ4v) is 2.31. The molecule has 0 aliphatic carbocycles. The number of rotatable bonds is 8. The molecule has 0 saturated heterocycles. The SMILES string of the molecule is CCC(Oc1cc(OCC(C)=O)c(C)cc1Cl)c1cccnn1.CCCC.O=CO. The molecule has 1 aromatic heterocycles. The first-order valence-electron chi connectivity index (χ1n) is 9.78. The Kier molecular flexibility index (Phi) is 14.7. The maximum Gasteiger partial charge on any atom is 0.290 e. The first-order chi connectivity index (χ1) is 14.3. The van der Waals surface area contributed by atoms with Gasteiger partial charge in [0.05, 0.1) is 5.02 Å². The van der Waals surface area contributed by atoms with Crippen LogP contribution < -0.4 is 9.47 Å². The summed E-state index contributed by atoms with van der Waals surface area (Å²) in [6, 6.07) is 7.14. The van der Waals surface area contributed by atoms with Gasteiger partial charge in [-0.15, -0.1) is 0 Å². The fraction of sp³-hybridized carbons (Fsp3) is 0.455. The topological polar surface area (TPSA) is 98.6 Å². The van der Waals surface area contributed by atoms with Crippen LogP contribution in [0, 0.1) is 6.92 Å². The smallest absolute Gasteiger partial charge is 0.290 e. The second-order valence-electron chi connectivity index (χ2n) is 6.31. The first kappa shape index (κ1) is 27.3. The van der Waals surface area contributed by atoms with Gasteiger partial charge in [0, 0.05) is 12.3 Å². The molecule has 0 spiro atoms. The summed E-state index contributed by atoms with van der Waals surface area (Å²) in [5.41, 5.74) is 1.58. The molecular formula is C22H31ClN2O5. The molecule has 8 heteroatoms. The van der Waals surface area contributed by atoms with Crippen molar-refractivity contribution in [1.29, 1.82) is 0 Å². The van der Waals surface area contributed by atoms with E-state index >= 15 is 0 Å². The van der Waals surface area contributed by atoms with Crippen LogP contribution in [-0.2, 0) is 9.59 Å². The number of carbonyl (C=O) groups is 2. The number of ether oxygens (including phenoxy) is 2. The van der Waals surface area contributed by atoms with Gasteiger partial charge in [-0.25, -0.2) is 0 Å². The second kappa shape index (κ2) is 16.2. The van der Waals surface area contributed by atoms with E-state index in [9.17, 15) is 4.79 Å². The normalized spacial score (nSPS) is 10.5. The molecule has 1 aromatic carbocycles. The number of benzene rings is 1. The third-order valence-electron chi connectivity index (χ3n) is 3.72. The number of Topliss-reactive ketones (excluding diaryl/α,β-unsaturated/α-hetero) is 1. The summed E-state index contributed by atoms with van der Waals surface area (Å²) >= 11 is 6.27. The zero-order valence-corrected chi connectivity index (χ0v) is 19.0. The molecule has 1 heterocycles. The highest BCUT2D eigenvalue weighted by Crippen LogP contribution is 2.35. The summed E-state index contributed by atoms with van der Waals surface area (Å²) in [6.45, 7) is 9.47. The van der Waals surface area contributed by atoms with Gasteiger partial charge in [-0.1, -0.05) is 45.2 Å². The molecule has 0 aliphatic rings. The van der Waals surface area contributed by atoms with Crippen molar-refractivity contribution in [2.75, 3.05) is 6.61 Å². The lowest BCUT2D eigenvalue weighted by Crippen LogP contribution is -2.10. The molecule has 30 heavy (non-hydrogen) atoms. The van der Waals surface area contributed by atoms with Gasteiger partial charge >= 0.3 is 0 Å². The average Bonchev–Trinajstić information content (AvgIpc) is 2.73. The zero-order valence-electron chi connectivity index (χ0n) is 18.2. The van der Waals surface area contributed by atoms with Crippen molar-refractivity contribution >= 4 is 23.9 Å². The number of unbranched alkanes of at least 4 members (excludes halogenated alkanes) is 1. The minimum absolute atomic E-state index is 0.0171. The molecule has 7 nitrogen and oxygen atoms in total. The van der Waals surface area contributed by atoms with Gasteiger partial charge in [0.15, 0.2) is 5.78 Å². The van der Waals surface area contributed by atoms with Crippen LogP contribution in [0.1, 0.15) is 64.3 Å². The average molecular weight is 439 g/mol. The number of halogens is 1. The lowest BCUT2D eigenvalue weighted by atomic mass is 10.1. The largest absolute Gasteiger partial charge is 0.485 e. The summed E-state index contributed by atoms with van der Waals surface area (Å²) in [5, 5.41) is 15.3. The zero-order chi connectivity index (χ0) is 22.9. The van der Waals surface area contributed by atoms with Gasteiger partial charge in [0.1, 0.15) is 29.9 Å². The predicted molar refractivity (Wildman–Crippen MR) is 117 cm³/mol. The summed E-state index contributed by atoms with van der Waals surface area (Å²) in [7, 11) is 0. The molecule has 2 rings (SSSR count). The molecule has 1 unspecified atom stereocenters. The van der Waals surface area contributed by atoms with E-state index in [0.29, 0.717) is 22.9 Å². The van der Waals surface area contributed by atoms with Crippen LogP contribution in [0.25, 0.3) is 0 Å². The van der Waals surface area contributed by atoms with E-state index in [1.54, 1.807) is 18.3 Å². The molecular weight excluding hydrogens is 408 g/mol. The fourth-order valence-electron chi connectivity index (χ4n) is 2.05. The molecule has 0 amide bonds. The molecule has 1 N–H and O–H groups in total. The van der Waals surface area contributed by atoms with E-state index in [4.69, 9.17) is 31.0 Å². The summed E-state index contributed by atoms with van der Waals surface area (Å²) < 4.78 is 11.5. The van der Waals surface area contributed by atoms with Crippen LogP contribution in [0.5, 0.6) is 11.5 Å². The molecule has 1 atom stereocenters. The molecule has 166 valence electrons. The highest BCUT2D eigenvalue weighted by Gasteiger charge is 2.16. The predicted octanol–water partition coefficient (Wildman–Crippen LogP) is 5.44. The van der Waals surface area contributed by atoms with Gasteiger partial charge < -0.3 is 14.6 Å². The van der Waals surface area contributed by atoms with E-state index in [-0.39, 0.29) is 25.0 Å². The van der Waals surface area contributed by atoms with Gasteiger partial charge in [0.2, 0.25) is 0 Å². The Morgan fingerprint density at radius 1 is 1.23 bits per heavy atom. The summed E-state index contributed by atoms with van der Waals surface area (Å²) in [4.78, 5) is 19.5. The first-order valence-corrected chi connectivity index (χ1v) is 10.2. The van der Waals surface area contributed by atoms with Crippen molar-refractivity contribution in [1.82, 2.24) is 10.2 Å². The maximum absolute atomic E-state index is 11.1. The van der Waals surface area contributed by atoms with Crippen LogP contribution in [0.15, 0.2) is 30.5 Å². The van der Waals surface area contributed by atoms with Crippen molar-refractivity contribution in [3.63, 3.8) is 0 Å². The molecule has 2 aromatic rings. The number of hydrogen-bond acceptors (Lipinski definition) is 6. The molecule has 0 fully saturated rings. The van der Waals surface area contributed by atoms with E-state index in [2.05, 4.69) is 24.0 Å². The maximum atomic E-state index is 11.1. The van der Waals surface area contributed by atoms with Gasteiger partial charge in [0.25, 0.3) is 6.47 Å². The Morgan fingerprint density at radius 3 is 2.33 bits per heavy atom. The lowest BCUT2D eigenvalue weighted by Gasteiger charge is -2.19. The number of aromatic nitrogens is 2. The molecule has 0 bridgehead atoms. The number of carbonyl (C=O) groups excluding carboxylic acids is 1. The van der Waals surface area contributed by atoms with E-state index in [1.165, 1.54) is 19.8 Å². The Morgan fingerprint density at radius 2 is 1.87 bits per heavy atom. The third-order valence-corrected chi connectivity index (χ3v) is 4.02. The highest BCUT2D eigenvalue weighted by atomic mass is 35.5. The minimum Gasteiger partial charge on any atom is -0.485 e. The monoisotopic (exact) mass is 438 g/mol.